The van der Waals surface area contributed by atoms with Gasteiger partial charge in [-0.2, -0.15) is 0 Å². The summed E-state index contributed by atoms with van der Waals surface area (Å²) in [5.41, 5.74) is 15.8. The van der Waals surface area contributed by atoms with Crippen LogP contribution in [0.2, 0.25) is 0 Å². The number of carboxylic acids is 1. The molecule has 4 atom stereocenters. The largest absolute Gasteiger partial charge is 0.480 e. The van der Waals surface area contributed by atoms with Crippen LogP contribution in [-0.4, -0.2) is 64.8 Å². The molecule has 0 saturated carbocycles. The van der Waals surface area contributed by atoms with Gasteiger partial charge in [0, 0.05) is 12.8 Å². The number of nitrogens with one attached hydrogen (secondary N) is 3. The van der Waals surface area contributed by atoms with Crippen LogP contribution in [0.3, 0.4) is 0 Å². The fourth-order valence-corrected chi connectivity index (χ4v) is 2.81. The van der Waals surface area contributed by atoms with Crippen LogP contribution in [0.1, 0.15) is 53.4 Å². The number of rotatable bonds is 15. The van der Waals surface area contributed by atoms with Crippen molar-refractivity contribution < 1.29 is 33.9 Å². The molecule has 0 radical (unpaired) electrons. The minimum atomic E-state index is -1.37. The van der Waals surface area contributed by atoms with Crippen molar-refractivity contribution in [3.05, 3.63) is 0 Å². The Morgan fingerprint density at radius 1 is 0.697 bits per heavy atom. The predicted molar refractivity (Wildman–Crippen MR) is 118 cm³/mol. The van der Waals surface area contributed by atoms with E-state index in [-0.39, 0.29) is 31.6 Å². The van der Waals surface area contributed by atoms with E-state index in [1.54, 1.807) is 27.7 Å². The Balaban J connectivity index is 5.32. The van der Waals surface area contributed by atoms with Crippen LogP contribution in [0.5, 0.6) is 0 Å². The number of hydrogen-bond acceptors (Lipinski definition) is 7. The van der Waals surface area contributed by atoms with Crippen LogP contribution in [0.25, 0.3) is 0 Å². The first kappa shape index (κ1) is 29.8. The molecule has 188 valence electrons. The zero-order valence-electron chi connectivity index (χ0n) is 19.4. The highest BCUT2D eigenvalue weighted by atomic mass is 16.4. The first-order valence-corrected chi connectivity index (χ1v) is 10.6. The van der Waals surface area contributed by atoms with Crippen molar-refractivity contribution in [1.29, 1.82) is 0 Å². The van der Waals surface area contributed by atoms with Crippen LogP contribution >= 0.6 is 0 Å². The summed E-state index contributed by atoms with van der Waals surface area (Å²) in [6, 6.07) is -4.59. The molecule has 0 aliphatic rings. The van der Waals surface area contributed by atoms with Gasteiger partial charge in [0.1, 0.15) is 18.1 Å². The smallest absolute Gasteiger partial charge is 0.326 e. The number of carbonyl (C=O) groups excluding carboxylic acids is 5. The zero-order chi connectivity index (χ0) is 25.9. The summed E-state index contributed by atoms with van der Waals surface area (Å²) in [5, 5.41) is 16.6. The summed E-state index contributed by atoms with van der Waals surface area (Å²) in [6.07, 6.45) is -0.536. The number of aliphatic carboxylic acids is 1. The van der Waals surface area contributed by atoms with Crippen LogP contribution in [0.4, 0.5) is 0 Å². The molecule has 10 N–H and O–H groups in total. The lowest BCUT2D eigenvalue weighted by molar-refractivity contribution is -0.143. The average molecular weight is 473 g/mol. The van der Waals surface area contributed by atoms with Gasteiger partial charge in [0.2, 0.25) is 29.5 Å². The average Bonchev–Trinajstić information content (AvgIpc) is 2.69. The lowest BCUT2D eigenvalue weighted by atomic mass is 9.98. The summed E-state index contributed by atoms with van der Waals surface area (Å²) in [4.78, 5) is 71.1. The summed E-state index contributed by atoms with van der Waals surface area (Å²) in [7, 11) is 0. The molecule has 0 aromatic heterocycles. The molecule has 4 unspecified atom stereocenters. The van der Waals surface area contributed by atoms with E-state index in [1.165, 1.54) is 0 Å². The van der Waals surface area contributed by atoms with Gasteiger partial charge < -0.3 is 38.3 Å². The molecule has 0 aromatic rings. The third-order valence-electron chi connectivity index (χ3n) is 4.83. The third kappa shape index (κ3) is 11.3. The number of hydrogen-bond donors (Lipinski definition) is 7. The molecule has 0 heterocycles. The Morgan fingerprint density at radius 3 is 1.48 bits per heavy atom. The fraction of sp³-hybridized carbons (Fsp3) is 0.700. The van der Waals surface area contributed by atoms with Crippen molar-refractivity contribution in [3.63, 3.8) is 0 Å². The van der Waals surface area contributed by atoms with Gasteiger partial charge in [0.15, 0.2) is 0 Å². The molecule has 5 amide bonds. The molecule has 0 rings (SSSR count). The monoisotopic (exact) mass is 472 g/mol. The highest BCUT2D eigenvalue weighted by molar-refractivity contribution is 5.94. The van der Waals surface area contributed by atoms with Gasteiger partial charge in [0.25, 0.3) is 0 Å². The zero-order valence-corrected chi connectivity index (χ0v) is 19.4. The molecule has 0 aromatic carbocycles. The molecule has 13 heteroatoms. The second-order valence-corrected chi connectivity index (χ2v) is 8.48. The van der Waals surface area contributed by atoms with E-state index < -0.39 is 65.6 Å². The van der Waals surface area contributed by atoms with E-state index in [9.17, 15) is 33.9 Å². The van der Waals surface area contributed by atoms with E-state index in [1.807, 2.05) is 0 Å². The Labute approximate surface area is 192 Å². The maximum atomic E-state index is 12.9. The summed E-state index contributed by atoms with van der Waals surface area (Å²) >= 11 is 0. The van der Waals surface area contributed by atoms with Crippen molar-refractivity contribution in [2.24, 2.45) is 29.0 Å². The number of carbonyl (C=O) groups is 6. The van der Waals surface area contributed by atoms with Crippen molar-refractivity contribution in [1.82, 2.24) is 16.0 Å². The van der Waals surface area contributed by atoms with Crippen LogP contribution < -0.4 is 33.2 Å². The van der Waals surface area contributed by atoms with Crippen molar-refractivity contribution in [2.45, 2.75) is 77.5 Å². The molecule has 0 spiro atoms. The van der Waals surface area contributed by atoms with Crippen LogP contribution in [-0.2, 0) is 28.8 Å². The van der Waals surface area contributed by atoms with Gasteiger partial charge in [0.05, 0.1) is 6.04 Å². The molecule has 13 nitrogen and oxygen atoms in total. The topological polar surface area (TPSA) is 237 Å². The first-order valence-electron chi connectivity index (χ1n) is 10.6. The lowest BCUT2D eigenvalue weighted by Crippen LogP contribution is -2.59. The maximum absolute atomic E-state index is 12.9. The Bertz CT molecular complexity index is 740. The minimum absolute atomic E-state index is 0.00645. The number of amides is 5. The van der Waals surface area contributed by atoms with E-state index in [0.717, 1.165) is 0 Å². The van der Waals surface area contributed by atoms with E-state index in [0.29, 0.717) is 0 Å². The van der Waals surface area contributed by atoms with Crippen LogP contribution in [0.15, 0.2) is 0 Å². The predicted octanol–water partition coefficient (Wildman–Crippen LogP) is -2.30. The van der Waals surface area contributed by atoms with Gasteiger partial charge in [-0.05, 0) is 24.7 Å². The Hall–Kier alpha value is -3.22. The number of carboxylic acid groups (broad SMARTS) is 1. The van der Waals surface area contributed by atoms with E-state index >= 15 is 0 Å². The first-order chi connectivity index (χ1) is 15.2. The van der Waals surface area contributed by atoms with Crippen molar-refractivity contribution in [3.8, 4) is 0 Å². The van der Waals surface area contributed by atoms with E-state index in [4.69, 9.17) is 17.2 Å². The van der Waals surface area contributed by atoms with Gasteiger partial charge >= 0.3 is 5.97 Å². The second-order valence-electron chi connectivity index (χ2n) is 8.48. The summed E-state index contributed by atoms with van der Waals surface area (Å²) in [5.74, 6) is -5.58. The summed E-state index contributed by atoms with van der Waals surface area (Å²) < 4.78 is 0. The second kappa shape index (κ2) is 14.0. The summed E-state index contributed by atoms with van der Waals surface area (Å²) in [6.45, 7) is 6.64. The maximum Gasteiger partial charge on any atom is 0.326 e. The molecule has 33 heavy (non-hydrogen) atoms. The van der Waals surface area contributed by atoms with Crippen molar-refractivity contribution in [2.75, 3.05) is 0 Å². The van der Waals surface area contributed by atoms with Crippen molar-refractivity contribution >= 4 is 35.5 Å². The molecule has 0 aliphatic heterocycles. The molecule has 0 fully saturated rings. The van der Waals surface area contributed by atoms with Crippen LogP contribution in [0, 0.1) is 11.8 Å². The molecular formula is C20H36N6O7. The third-order valence-corrected chi connectivity index (χ3v) is 4.83. The Morgan fingerprint density at radius 2 is 1.09 bits per heavy atom. The molecular weight excluding hydrogens is 436 g/mol. The lowest BCUT2D eigenvalue weighted by Gasteiger charge is -2.28. The molecule has 0 bridgehead atoms. The van der Waals surface area contributed by atoms with Gasteiger partial charge in [-0.15, -0.1) is 0 Å². The fourth-order valence-electron chi connectivity index (χ4n) is 2.81. The van der Waals surface area contributed by atoms with Gasteiger partial charge in [-0.1, -0.05) is 27.7 Å². The highest BCUT2D eigenvalue weighted by Crippen LogP contribution is 2.09. The SMILES string of the molecule is CC(C)C(NC(=O)C(N)CCC(N)=O)C(=O)NC(C(=O)NC(CCC(N)=O)C(=O)O)C(C)C. The van der Waals surface area contributed by atoms with Gasteiger partial charge in [-0.3, -0.25) is 24.0 Å². The number of primary amides is 2. The van der Waals surface area contributed by atoms with Gasteiger partial charge in [-0.25, -0.2) is 4.79 Å². The standard InChI is InChI=1S/C20H36N6O7/c1-9(2)15(18(30)24-12(20(32)33)6-8-14(23)28)26-19(31)16(10(3)4)25-17(29)11(21)5-7-13(22)27/h9-12,15-16H,5-8,21H2,1-4H3,(H2,22,27)(H2,23,28)(H,24,30)(H,25,29)(H,26,31)(H,32,33). The quantitative estimate of drug-likeness (QED) is 0.136. The highest BCUT2D eigenvalue weighted by Gasteiger charge is 2.33. The molecule has 0 aliphatic carbocycles. The molecule has 0 saturated heterocycles. The van der Waals surface area contributed by atoms with E-state index in [2.05, 4.69) is 16.0 Å². The minimum Gasteiger partial charge on any atom is -0.480 e. The Kier molecular flexibility index (Phi) is 12.7. The number of nitrogens with two attached hydrogens (primary N) is 3. The normalized spacial score (nSPS) is 14.6.